The summed E-state index contributed by atoms with van der Waals surface area (Å²) in [6.07, 6.45) is 0. The van der Waals surface area contributed by atoms with Crippen molar-refractivity contribution in [3.8, 4) is 5.75 Å². The molecule has 4 nitrogen and oxygen atoms in total. The lowest BCUT2D eigenvalue weighted by Gasteiger charge is -2.29. The van der Waals surface area contributed by atoms with Gasteiger partial charge in [-0.15, -0.1) is 0 Å². The number of nitrogens with one attached hydrogen (secondary N) is 1. The highest BCUT2D eigenvalue weighted by atomic mass is 16.5. The Morgan fingerprint density at radius 2 is 1.82 bits per heavy atom. The number of cyclic esters (lactones) is 1. The third-order valence-electron chi connectivity index (χ3n) is 4.22. The van der Waals surface area contributed by atoms with Gasteiger partial charge in [0.1, 0.15) is 18.4 Å². The van der Waals surface area contributed by atoms with Crippen LogP contribution in [0.1, 0.15) is 12.5 Å². The van der Waals surface area contributed by atoms with Crippen LogP contribution in [0.15, 0.2) is 54.6 Å². The van der Waals surface area contributed by atoms with Crippen LogP contribution in [0.2, 0.25) is 0 Å². The first-order valence-corrected chi connectivity index (χ1v) is 7.26. The Hall–Kier alpha value is -2.49. The zero-order valence-corrected chi connectivity index (χ0v) is 12.7. The Balaban J connectivity index is 1.87. The van der Waals surface area contributed by atoms with Gasteiger partial charge in [0.25, 0.3) is 0 Å². The molecule has 0 unspecified atom stereocenters. The van der Waals surface area contributed by atoms with E-state index in [0.29, 0.717) is 6.61 Å². The normalized spacial score (nSPS) is 23.9. The number of ether oxygens (including phenoxy) is 2. The van der Waals surface area contributed by atoms with Crippen molar-refractivity contribution in [3.63, 3.8) is 0 Å². The Morgan fingerprint density at radius 3 is 2.45 bits per heavy atom. The highest BCUT2D eigenvalue weighted by Crippen LogP contribution is 2.35. The van der Waals surface area contributed by atoms with E-state index in [2.05, 4.69) is 12.2 Å². The molecule has 114 valence electrons. The molecule has 0 saturated carbocycles. The predicted octanol–water partition coefficient (Wildman–Crippen LogP) is 2.99. The molecule has 0 radical (unpaired) electrons. The molecule has 2 aromatic rings. The maximum atomic E-state index is 12.2. The van der Waals surface area contributed by atoms with Gasteiger partial charge in [-0.3, -0.25) is 0 Å². The summed E-state index contributed by atoms with van der Waals surface area (Å²) >= 11 is 0. The minimum atomic E-state index is -0.414. The van der Waals surface area contributed by atoms with Gasteiger partial charge < -0.3 is 14.8 Å². The third-order valence-corrected chi connectivity index (χ3v) is 4.22. The molecule has 1 heterocycles. The Kier molecular flexibility index (Phi) is 3.75. The van der Waals surface area contributed by atoms with Crippen molar-refractivity contribution in [1.29, 1.82) is 0 Å². The first kappa shape index (κ1) is 14.4. The fraction of sp³-hybridized carbons (Fsp3) is 0.278. The quantitative estimate of drug-likeness (QED) is 0.881. The standard InChI is InChI=1S/C18H19NO3/c1-18(13-6-4-3-5-7-13)12-22-17(20)16(18)19-14-8-10-15(21-2)11-9-14/h3-11,16,19H,12H2,1-2H3/t16-,18+/m1/s1. The van der Waals surface area contributed by atoms with Crippen LogP contribution in [0.25, 0.3) is 0 Å². The molecule has 0 aromatic heterocycles. The van der Waals surface area contributed by atoms with Crippen molar-refractivity contribution in [2.45, 2.75) is 18.4 Å². The van der Waals surface area contributed by atoms with E-state index in [-0.39, 0.29) is 5.97 Å². The maximum Gasteiger partial charge on any atom is 0.329 e. The van der Waals surface area contributed by atoms with Gasteiger partial charge in [0.2, 0.25) is 0 Å². The van der Waals surface area contributed by atoms with E-state index in [1.807, 2.05) is 54.6 Å². The van der Waals surface area contributed by atoms with E-state index >= 15 is 0 Å². The zero-order chi connectivity index (χ0) is 15.6. The Bertz CT molecular complexity index is 654. The maximum absolute atomic E-state index is 12.2. The molecule has 0 spiro atoms. The van der Waals surface area contributed by atoms with Crippen LogP contribution < -0.4 is 10.1 Å². The lowest BCUT2D eigenvalue weighted by molar-refractivity contribution is -0.138. The molecule has 0 amide bonds. The summed E-state index contributed by atoms with van der Waals surface area (Å²) in [5.41, 5.74) is 1.57. The van der Waals surface area contributed by atoms with Crippen LogP contribution in [-0.2, 0) is 14.9 Å². The summed E-state index contributed by atoms with van der Waals surface area (Å²) in [4.78, 5) is 12.2. The number of esters is 1. The van der Waals surface area contributed by atoms with Crippen LogP contribution in [0.4, 0.5) is 5.69 Å². The monoisotopic (exact) mass is 297 g/mol. The van der Waals surface area contributed by atoms with E-state index in [4.69, 9.17) is 9.47 Å². The zero-order valence-electron chi connectivity index (χ0n) is 12.7. The molecule has 1 aliphatic heterocycles. The third kappa shape index (κ3) is 2.52. The lowest BCUT2D eigenvalue weighted by Crippen LogP contribution is -2.42. The summed E-state index contributed by atoms with van der Waals surface area (Å²) in [5, 5.41) is 3.30. The van der Waals surface area contributed by atoms with E-state index in [1.165, 1.54) is 0 Å². The van der Waals surface area contributed by atoms with Crippen LogP contribution in [0, 0.1) is 0 Å². The fourth-order valence-electron chi connectivity index (χ4n) is 2.79. The molecule has 2 aromatic carbocycles. The summed E-state index contributed by atoms with van der Waals surface area (Å²) in [6, 6.07) is 17.1. The van der Waals surface area contributed by atoms with E-state index < -0.39 is 11.5 Å². The van der Waals surface area contributed by atoms with Gasteiger partial charge in [0, 0.05) is 5.69 Å². The average Bonchev–Trinajstić information content (AvgIpc) is 2.86. The molecule has 1 saturated heterocycles. The minimum Gasteiger partial charge on any atom is -0.497 e. The molecule has 1 fully saturated rings. The van der Waals surface area contributed by atoms with Gasteiger partial charge in [-0.1, -0.05) is 30.3 Å². The van der Waals surface area contributed by atoms with Gasteiger partial charge in [-0.25, -0.2) is 4.79 Å². The van der Waals surface area contributed by atoms with E-state index in [9.17, 15) is 4.79 Å². The van der Waals surface area contributed by atoms with Crippen molar-refractivity contribution < 1.29 is 14.3 Å². The van der Waals surface area contributed by atoms with Crippen molar-refractivity contribution in [1.82, 2.24) is 0 Å². The topological polar surface area (TPSA) is 47.6 Å². The van der Waals surface area contributed by atoms with Crippen LogP contribution >= 0.6 is 0 Å². The predicted molar refractivity (Wildman–Crippen MR) is 85.2 cm³/mol. The number of carbonyl (C=O) groups is 1. The van der Waals surface area contributed by atoms with Crippen molar-refractivity contribution in [2.75, 3.05) is 19.0 Å². The number of benzene rings is 2. The summed E-state index contributed by atoms with van der Waals surface area (Å²) in [5.74, 6) is 0.563. The molecule has 4 heteroatoms. The number of anilines is 1. The first-order valence-electron chi connectivity index (χ1n) is 7.26. The molecular weight excluding hydrogens is 278 g/mol. The second kappa shape index (κ2) is 5.72. The van der Waals surface area contributed by atoms with Gasteiger partial charge >= 0.3 is 5.97 Å². The smallest absolute Gasteiger partial charge is 0.329 e. The van der Waals surface area contributed by atoms with Gasteiger partial charge in [0.05, 0.1) is 12.5 Å². The van der Waals surface area contributed by atoms with Crippen LogP contribution in [0.3, 0.4) is 0 Å². The lowest BCUT2D eigenvalue weighted by atomic mass is 9.78. The Labute approximate surface area is 130 Å². The number of hydrogen-bond donors (Lipinski definition) is 1. The van der Waals surface area contributed by atoms with Gasteiger partial charge in [0.15, 0.2) is 0 Å². The van der Waals surface area contributed by atoms with Gasteiger partial charge in [-0.2, -0.15) is 0 Å². The molecule has 2 atom stereocenters. The van der Waals surface area contributed by atoms with Gasteiger partial charge in [-0.05, 0) is 36.8 Å². The molecule has 22 heavy (non-hydrogen) atoms. The van der Waals surface area contributed by atoms with Crippen molar-refractivity contribution >= 4 is 11.7 Å². The van der Waals surface area contributed by atoms with Crippen molar-refractivity contribution in [2.24, 2.45) is 0 Å². The second-order valence-electron chi connectivity index (χ2n) is 5.70. The molecule has 1 N–H and O–H groups in total. The Morgan fingerprint density at radius 1 is 1.14 bits per heavy atom. The largest absolute Gasteiger partial charge is 0.497 e. The molecule has 3 rings (SSSR count). The highest BCUT2D eigenvalue weighted by molar-refractivity contribution is 5.84. The molecule has 0 aliphatic carbocycles. The second-order valence-corrected chi connectivity index (χ2v) is 5.70. The van der Waals surface area contributed by atoms with Crippen LogP contribution in [0.5, 0.6) is 5.75 Å². The summed E-state index contributed by atoms with van der Waals surface area (Å²) in [6.45, 7) is 2.43. The highest BCUT2D eigenvalue weighted by Gasteiger charge is 2.48. The molecule has 0 bridgehead atoms. The van der Waals surface area contributed by atoms with Crippen LogP contribution in [-0.4, -0.2) is 25.7 Å². The summed E-state index contributed by atoms with van der Waals surface area (Å²) < 4.78 is 10.5. The molecular formula is C18H19NO3. The fourth-order valence-corrected chi connectivity index (χ4v) is 2.79. The first-order chi connectivity index (χ1) is 10.6. The number of methoxy groups -OCH3 is 1. The average molecular weight is 297 g/mol. The SMILES string of the molecule is COc1ccc(N[C@@H]2C(=O)OC[C@@]2(C)c2ccccc2)cc1. The van der Waals surface area contributed by atoms with E-state index in [0.717, 1.165) is 17.0 Å². The molecule has 1 aliphatic rings. The number of carbonyl (C=O) groups excluding carboxylic acids is 1. The minimum absolute atomic E-state index is 0.220. The van der Waals surface area contributed by atoms with E-state index in [1.54, 1.807) is 7.11 Å². The number of hydrogen-bond acceptors (Lipinski definition) is 4. The number of rotatable bonds is 4. The summed E-state index contributed by atoms with van der Waals surface area (Å²) in [7, 11) is 1.63. The van der Waals surface area contributed by atoms with Crippen molar-refractivity contribution in [3.05, 3.63) is 60.2 Å².